The molecule has 2 rings (SSSR count). The van der Waals surface area contributed by atoms with Crippen LogP contribution in [0.3, 0.4) is 0 Å². The molecule has 0 atom stereocenters. The number of aromatic nitrogens is 3. The minimum absolute atomic E-state index is 0.0199. The smallest absolute Gasteiger partial charge is 0.264 e. The van der Waals surface area contributed by atoms with Crippen molar-refractivity contribution in [1.29, 1.82) is 0 Å². The van der Waals surface area contributed by atoms with E-state index >= 15 is 0 Å². The van der Waals surface area contributed by atoms with Crippen LogP contribution in [0.1, 0.15) is 0 Å². The number of hydrogen-bond donors (Lipinski definition) is 2. The van der Waals surface area contributed by atoms with Gasteiger partial charge in [-0.2, -0.15) is 4.79 Å². The normalized spacial score (nSPS) is 11.4. The number of sulfonamides is 1. The highest BCUT2D eigenvalue weighted by Crippen LogP contribution is 2.26. The van der Waals surface area contributed by atoms with Gasteiger partial charge in [-0.15, -0.1) is 5.10 Å². The molecule has 1 aromatic carbocycles. The zero-order valence-electron chi connectivity index (χ0n) is 8.71. The number of nitrogens with one attached hydrogen (secondary N) is 1. The molecule has 0 aliphatic carbocycles. The van der Waals surface area contributed by atoms with Crippen LogP contribution in [0.5, 0.6) is 0 Å². The molecule has 0 spiro atoms. The summed E-state index contributed by atoms with van der Waals surface area (Å²) in [5, 5.41) is 7.19. The number of hydrogen-bond acceptors (Lipinski definition) is 5. The van der Waals surface area contributed by atoms with Crippen molar-refractivity contribution in [1.82, 2.24) is 15.1 Å². The Balaban J connectivity index is 2.39. The fraction of sp³-hybridized carbons (Fsp3) is 0. The number of nitrogens with two attached hydrogens (primary N) is 1. The minimum Gasteiger partial charge on any atom is -0.322 e. The van der Waals surface area contributed by atoms with E-state index in [0.29, 0.717) is 0 Å². The standard InChI is InChI=1S/C8H7Cl2N5O2S/c9-5-1-2-6(10)7(3-5)18(16,17)13-8-4-15(11)14-12-8/h1-4,13H,11H2. The Bertz CT molecular complexity index is 685. The molecule has 0 amide bonds. The van der Waals surface area contributed by atoms with Crippen LogP contribution >= 0.6 is 23.2 Å². The Labute approximate surface area is 113 Å². The summed E-state index contributed by atoms with van der Waals surface area (Å²) < 4.78 is 26.2. The Kier molecular flexibility index (Phi) is 3.33. The summed E-state index contributed by atoms with van der Waals surface area (Å²) in [6, 6.07) is 4.11. The SMILES string of the molecule is Nn1cc(NS(=O)(=O)c2cc(Cl)ccc2Cl)nn1. The van der Waals surface area contributed by atoms with Crippen LogP contribution in [-0.4, -0.2) is 23.5 Å². The van der Waals surface area contributed by atoms with Crippen LogP contribution < -0.4 is 10.6 Å². The predicted molar refractivity (Wildman–Crippen MR) is 67.4 cm³/mol. The van der Waals surface area contributed by atoms with E-state index in [1.807, 2.05) is 0 Å². The third-order valence-electron chi connectivity index (χ3n) is 1.93. The molecule has 3 N–H and O–H groups in total. The maximum atomic E-state index is 12.0. The van der Waals surface area contributed by atoms with Gasteiger partial charge in [-0.1, -0.05) is 23.2 Å². The maximum absolute atomic E-state index is 12.0. The van der Waals surface area contributed by atoms with Gasteiger partial charge in [0.15, 0.2) is 5.82 Å². The summed E-state index contributed by atoms with van der Waals surface area (Å²) >= 11 is 11.5. The van der Waals surface area contributed by atoms with Gasteiger partial charge in [-0.05, 0) is 23.4 Å². The van der Waals surface area contributed by atoms with Crippen molar-refractivity contribution >= 4 is 39.0 Å². The molecular weight excluding hydrogens is 301 g/mol. The quantitative estimate of drug-likeness (QED) is 0.827. The monoisotopic (exact) mass is 307 g/mol. The second-order valence-corrected chi connectivity index (χ2v) is 5.76. The molecule has 10 heteroatoms. The fourth-order valence-corrected chi connectivity index (χ4v) is 2.94. The van der Waals surface area contributed by atoms with E-state index in [-0.39, 0.29) is 20.8 Å². The van der Waals surface area contributed by atoms with Gasteiger partial charge in [0.25, 0.3) is 10.0 Å². The Hall–Kier alpha value is -1.51. The number of nitrogen functional groups attached to an aromatic ring is 1. The third kappa shape index (κ3) is 2.66. The Morgan fingerprint density at radius 3 is 2.67 bits per heavy atom. The summed E-state index contributed by atoms with van der Waals surface area (Å²) in [6.45, 7) is 0. The molecule has 0 aliphatic heterocycles. The van der Waals surface area contributed by atoms with Crippen molar-refractivity contribution in [3.8, 4) is 0 Å². The molecule has 7 nitrogen and oxygen atoms in total. The van der Waals surface area contributed by atoms with Gasteiger partial charge in [0.2, 0.25) is 0 Å². The molecule has 96 valence electrons. The lowest BCUT2D eigenvalue weighted by Gasteiger charge is -2.06. The molecule has 1 aromatic heterocycles. The summed E-state index contributed by atoms with van der Waals surface area (Å²) in [5.41, 5.74) is 0. The van der Waals surface area contributed by atoms with Gasteiger partial charge in [0.05, 0.1) is 11.2 Å². The van der Waals surface area contributed by atoms with Crippen molar-refractivity contribution in [3.05, 3.63) is 34.4 Å². The zero-order valence-corrected chi connectivity index (χ0v) is 11.0. The first kappa shape index (κ1) is 12.9. The minimum atomic E-state index is -3.89. The first-order valence-corrected chi connectivity index (χ1v) is 6.78. The molecule has 0 bridgehead atoms. The molecule has 2 aromatic rings. The van der Waals surface area contributed by atoms with Crippen molar-refractivity contribution < 1.29 is 8.42 Å². The van der Waals surface area contributed by atoms with Gasteiger partial charge in [-0.3, -0.25) is 4.72 Å². The summed E-state index contributed by atoms with van der Waals surface area (Å²) in [5.74, 6) is 5.23. The molecule has 0 saturated heterocycles. The van der Waals surface area contributed by atoms with Crippen molar-refractivity contribution in [3.63, 3.8) is 0 Å². The number of halogens is 2. The molecule has 0 aliphatic rings. The van der Waals surface area contributed by atoms with Crippen molar-refractivity contribution in [2.24, 2.45) is 0 Å². The number of anilines is 1. The predicted octanol–water partition coefficient (Wildman–Crippen LogP) is 1.10. The lowest BCUT2D eigenvalue weighted by molar-refractivity contribution is 0.601. The van der Waals surface area contributed by atoms with E-state index < -0.39 is 10.0 Å². The van der Waals surface area contributed by atoms with Gasteiger partial charge in [-0.25, -0.2) is 8.42 Å². The summed E-state index contributed by atoms with van der Waals surface area (Å²) in [4.78, 5) is 0.723. The third-order valence-corrected chi connectivity index (χ3v) is 4.00. The van der Waals surface area contributed by atoms with Gasteiger partial charge >= 0.3 is 0 Å². The average Bonchev–Trinajstić information content (AvgIpc) is 2.66. The molecule has 18 heavy (non-hydrogen) atoms. The van der Waals surface area contributed by atoms with Gasteiger partial charge in [0, 0.05) is 5.02 Å². The van der Waals surface area contributed by atoms with E-state index in [0.717, 1.165) is 4.79 Å². The Morgan fingerprint density at radius 1 is 1.33 bits per heavy atom. The maximum Gasteiger partial charge on any atom is 0.264 e. The van der Waals surface area contributed by atoms with Crippen LogP contribution in [-0.2, 0) is 10.0 Å². The van der Waals surface area contributed by atoms with Gasteiger partial charge < -0.3 is 5.84 Å². The lowest BCUT2D eigenvalue weighted by Crippen LogP contribution is -2.14. The number of benzene rings is 1. The Morgan fingerprint density at radius 2 is 2.06 bits per heavy atom. The molecular formula is C8H7Cl2N5O2S. The first-order chi connectivity index (χ1) is 8.38. The van der Waals surface area contributed by atoms with E-state index in [4.69, 9.17) is 29.0 Å². The second kappa shape index (κ2) is 4.63. The summed E-state index contributed by atoms with van der Waals surface area (Å²) in [7, 11) is -3.89. The lowest BCUT2D eigenvalue weighted by atomic mass is 10.4. The molecule has 0 saturated carbocycles. The molecule has 1 heterocycles. The van der Waals surface area contributed by atoms with E-state index in [2.05, 4.69) is 15.0 Å². The van der Waals surface area contributed by atoms with Crippen LogP contribution in [0.4, 0.5) is 5.82 Å². The van der Waals surface area contributed by atoms with Crippen LogP contribution in [0, 0.1) is 0 Å². The summed E-state index contributed by atoms with van der Waals surface area (Å²) in [6.07, 6.45) is 1.20. The highest BCUT2D eigenvalue weighted by atomic mass is 35.5. The molecule has 0 unspecified atom stereocenters. The van der Waals surface area contributed by atoms with Crippen LogP contribution in [0.15, 0.2) is 29.3 Å². The van der Waals surface area contributed by atoms with Gasteiger partial charge in [0.1, 0.15) is 4.90 Å². The largest absolute Gasteiger partial charge is 0.322 e. The van der Waals surface area contributed by atoms with E-state index in [1.54, 1.807) is 0 Å². The topological polar surface area (TPSA) is 103 Å². The number of nitrogens with zero attached hydrogens (tertiary/aromatic N) is 3. The fourth-order valence-electron chi connectivity index (χ4n) is 1.20. The van der Waals surface area contributed by atoms with Crippen LogP contribution in [0.2, 0.25) is 10.0 Å². The highest BCUT2D eigenvalue weighted by molar-refractivity contribution is 7.92. The highest BCUT2D eigenvalue weighted by Gasteiger charge is 2.19. The molecule has 0 radical (unpaired) electrons. The first-order valence-electron chi connectivity index (χ1n) is 4.54. The zero-order chi connectivity index (χ0) is 13.3. The molecule has 0 fully saturated rings. The van der Waals surface area contributed by atoms with E-state index in [9.17, 15) is 8.42 Å². The van der Waals surface area contributed by atoms with Crippen molar-refractivity contribution in [2.75, 3.05) is 10.6 Å². The van der Waals surface area contributed by atoms with E-state index in [1.165, 1.54) is 24.4 Å². The number of rotatable bonds is 3. The second-order valence-electron chi connectivity index (χ2n) is 3.26. The van der Waals surface area contributed by atoms with Crippen molar-refractivity contribution in [2.45, 2.75) is 4.90 Å². The van der Waals surface area contributed by atoms with Crippen LogP contribution in [0.25, 0.3) is 0 Å². The average molecular weight is 308 g/mol.